The summed E-state index contributed by atoms with van der Waals surface area (Å²) >= 11 is 0. The summed E-state index contributed by atoms with van der Waals surface area (Å²) in [5.74, 6) is 1.24. The van der Waals surface area contributed by atoms with Gasteiger partial charge in [0.15, 0.2) is 6.61 Å². The molecule has 0 radical (unpaired) electrons. The van der Waals surface area contributed by atoms with Crippen LogP contribution >= 0.6 is 0 Å². The van der Waals surface area contributed by atoms with Crippen LogP contribution in [0.5, 0.6) is 5.75 Å². The van der Waals surface area contributed by atoms with Crippen LogP contribution in [0.25, 0.3) is 0 Å². The standard InChI is InChI=1S/C20H25N3O2/c1-16-4-2-3-5-19(16)25-15-20(24)22-14-17-8-12-23(13-9-17)18-6-10-21-11-7-18/h2-7,10-11,17H,8-9,12-15H2,1H3,(H,22,24). The van der Waals surface area contributed by atoms with E-state index in [0.29, 0.717) is 5.92 Å². The van der Waals surface area contributed by atoms with Crippen molar-refractivity contribution in [1.82, 2.24) is 10.3 Å². The number of ether oxygens (including phenoxy) is 1. The van der Waals surface area contributed by atoms with E-state index in [0.717, 1.165) is 43.8 Å². The van der Waals surface area contributed by atoms with E-state index in [1.807, 2.05) is 55.7 Å². The van der Waals surface area contributed by atoms with Crippen LogP contribution in [-0.4, -0.2) is 37.1 Å². The van der Waals surface area contributed by atoms with Crippen LogP contribution in [0, 0.1) is 12.8 Å². The Labute approximate surface area is 149 Å². The number of benzene rings is 1. The van der Waals surface area contributed by atoms with Gasteiger partial charge < -0.3 is 15.0 Å². The molecule has 0 bridgehead atoms. The van der Waals surface area contributed by atoms with E-state index in [1.54, 1.807) is 0 Å². The quantitative estimate of drug-likeness (QED) is 0.879. The van der Waals surface area contributed by atoms with Gasteiger partial charge in [-0.3, -0.25) is 9.78 Å². The number of pyridine rings is 1. The molecule has 1 saturated heterocycles. The molecule has 2 aromatic rings. The van der Waals surface area contributed by atoms with E-state index in [-0.39, 0.29) is 12.5 Å². The maximum absolute atomic E-state index is 12.0. The highest BCUT2D eigenvalue weighted by Crippen LogP contribution is 2.22. The number of carbonyl (C=O) groups excluding carboxylic acids is 1. The van der Waals surface area contributed by atoms with Gasteiger partial charge in [-0.1, -0.05) is 18.2 Å². The van der Waals surface area contributed by atoms with Crippen LogP contribution in [-0.2, 0) is 4.79 Å². The van der Waals surface area contributed by atoms with E-state index < -0.39 is 0 Å². The summed E-state index contributed by atoms with van der Waals surface area (Å²) in [4.78, 5) is 18.4. The third-order valence-electron chi connectivity index (χ3n) is 4.68. The van der Waals surface area contributed by atoms with Gasteiger partial charge in [0.1, 0.15) is 5.75 Å². The van der Waals surface area contributed by atoms with Gasteiger partial charge in [-0.05, 0) is 49.4 Å². The van der Waals surface area contributed by atoms with Gasteiger partial charge in [0.25, 0.3) is 5.91 Å². The fourth-order valence-electron chi connectivity index (χ4n) is 3.12. The zero-order valence-corrected chi connectivity index (χ0v) is 14.6. The Hall–Kier alpha value is -2.56. The normalized spacial score (nSPS) is 15.0. The van der Waals surface area contributed by atoms with Gasteiger partial charge in [0.2, 0.25) is 0 Å². The number of anilines is 1. The molecule has 5 heteroatoms. The smallest absolute Gasteiger partial charge is 0.257 e. The van der Waals surface area contributed by atoms with Crippen LogP contribution < -0.4 is 15.0 Å². The maximum atomic E-state index is 12.0. The number of piperidine rings is 1. The van der Waals surface area contributed by atoms with Gasteiger partial charge in [0.05, 0.1) is 0 Å². The first-order valence-electron chi connectivity index (χ1n) is 8.82. The van der Waals surface area contributed by atoms with Crippen LogP contribution in [0.15, 0.2) is 48.8 Å². The summed E-state index contributed by atoms with van der Waals surface area (Å²) in [6.07, 6.45) is 5.83. The lowest BCUT2D eigenvalue weighted by molar-refractivity contribution is -0.123. The number of rotatable bonds is 6. The first kappa shape index (κ1) is 17.3. The number of amides is 1. The van der Waals surface area contributed by atoms with Crippen LogP contribution in [0.1, 0.15) is 18.4 Å². The first-order chi connectivity index (χ1) is 12.2. The van der Waals surface area contributed by atoms with E-state index in [9.17, 15) is 4.79 Å². The van der Waals surface area contributed by atoms with E-state index in [1.165, 1.54) is 5.69 Å². The van der Waals surface area contributed by atoms with Crippen molar-refractivity contribution < 1.29 is 9.53 Å². The molecular weight excluding hydrogens is 314 g/mol. The summed E-state index contributed by atoms with van der Waals surface area (Å²) in [6.45, 7) is 4.80. The summed E-state index contributed by atoms with van der Waals surface area (Å²) in [5.41, 5.74) is 2.27. The highest BCUT2D eigenvalue weighted by molar-refractivity contribution is 5.77. The molecule has 0 aliphatic carbocycles. The van der Waals surface area contributed by atoms with E-state index in [4.69, 9.17) is 4.74 Å². The second kappa shape index (κ2) is 8.51. The molecule has 1 aliphatic heterocycles. The van der Waals surface area contributed by atoms with Crippen molar-refractivity contribution in [1.29, 1.82) is 0 Å². The van der Waals surface area contributed by atoms with Crippen LogP contribution in [0.2, 0.25) is 0 Å². The minimum atomic E-state index is -0.0557. The SMILES string of the molecule is Cc1ccccc1OCC(=O)NCC1CCN(c2ccncc2)CC1. The van der Waals surface area contributed by atoms with Crippen molar-refractivity contribution in [3.63, 3.8) is 0 Å². The number of hydrogen-bond acceptors (Lipinski definition) is 4. The fraction of sp³-hybridized carbons (Fsp3) is 0.400. The lowest BCUT2D eigenvalue weighted by atomic mass is 9.96. The second-order valence-electron chi connectivity index (χ2n) is 6.49. The molecule has 1 amide bonds. The zero-order chi connectivity index (χ0) is 17.5. The molecular formula is C20H25N3O2. The molecule has 25 heavy (non-hydrogen) atoms. The highest BCUT2D eigenvalue weighted by atomic mass is 16.5. The largest absolute Gasteiger partial charge is 0.484 e. The lowest BCUT2D eigenvalue weighted by Gasteiger charge is -2.33. The summed E-state index contributed by atoms with van der Waals surface area (Å²) in [6, 6.07) is 11.8. The molecule has 1 aromatic heterocycles. The number of carbonyl (C=O) groups is 1. The van der Waals surface area contributed by atoms with Crippen molar-refractivity contribution in [3.05, 3.63) is 54.4 Å². The van der Waals surface area contributed by atoms with Crippen molar-refractivity contribution in [2.24, 2.45) is 5.92 Å². The molecule has 132 valence electrons. The molecule has 0 atom stereocenters. The van der Waals surface area contributed by atoms with E-state index in [2.05, 4.69) is 15.2 Å². The van der Waals surface area contributed by atoms with Crippen molar-refractivity contribution in [2.45, 2.75) is 19.8 Å². The molecule has 1 N–H and O–H groups in total. The third kappa shape index (κ3) is 4.95. The number of para-hydroxylation sites is 1. The minimum Gasteiger partial charge on any atom is -0.484 e. The average molecular weight is 339 g/mol. The Morgan fingerprint density at radius 2 is 1.92 bits per heavy atom. The Kier molecular flexibility index (Phi) is 5.88. The molecule has 1 aromatic carbocycles. The first-order valence-corrected chi connectivity index (χ1v) is 8.82. The van der Waals surface area contributed by atoms with Crippen molar-refractivity contribution in [3.8, 4) is 5.75 Å². The van der Waals surface area contributed by atoms with Crippen LogP contribution in [0.4, 0.5) is 5.69 Å². The van der Waals surface area contributed by atoms with E-state index >= 15 is 0 Å². The predicted molar refractivity (Wildman–Crippen MR) is 98.9 cm³/mol. The monoisotopic (exact) mass is 339 g/mol. The molecule has 1 aliphatic rings. The lowest BCUT2D eigenvalue weighted by Crippen LogP contribution is -2.39. The molecule has 5 nitrogen and oxygen atoms in total. The molecule has 0 spiro atoms. The predicted octanol–water partition coefficient (Wildman–Crippen LogP) is 2.80. The average Bonchev–Trinajstić information content (AvgIpc) is 2.67. The molecule has 3 rings (SSSR count). The van der Waals surface area contributed by atoms with Gasteiger partial charge in [-0.2, -0.15) is 0 Å². The third-order valence-corrected chi connectivity index (χ3v) is 4.68. The molecule has 2 heterocycles. The summed E-state index contributed by atoms with van der Waals surface area (Å²) < 4.78 is 5.59. The molecule has 0 saturated carbocycles. The number of aryl methyl sites for hydroxylation is 1. The Morgan fingerprint density at radius 1 is 1.20 bits per heavy atom. The Bertz CT molecular complexity index is 682. The fourth-order valence-corrected chi connectivity index (χ4v) is 3.12. The number of aromatic nitrogens is 1. The van der Waals surface area contributed by atoms with Gasteiger partial charge >= 0.3 is 0 Å². The van der Waals surface area contributed by atoms with Crippen molar-refractivity contribution in [2.75, 3.05) is 31.1 Å². The Balaban J connectivity index is 1.37. The number of nitrogens with zero attached hydrogens (tertiary/aromatic N) is 2. The van der Waals surface area contributed by atoms with Crippen LogP contribution in [0.3, 0.4) is 0 Å². The maximum Gasteiger partial charge on any atom is 0.257 e. The van der Waals surface area contributed by atoms with Crippen molar-refractivity contribution >= 4 is 11.6 Å². The van der Waals surface area contributed by atoms with Gasteiger partial charge in [-0.25, -0.2) is 0 Å². The number of hydrogen-bond donors (Lipinski definition) is 1. The highest BCUT2D eigenvalue weighted by Gasteiger charge is 2.20. The molecule has 1 fully saturated rings. The summed E-state index contributed by atoms with van der Waals surface area (Å²) in [7, 11) is 0. The Morgan fingerprint density at radius 3 is 2.64 bits per heavy atom. The zero-order valence-electron chi connectivity index (χ0n) is 14.6. The number of nitrogens with one attached hydrogen (secondary N) is 1. The topological polar surface area (TPSA) is 54.5 Å². The minimum absolute atomic E-state index is 0.0557. The molecule has 0 unspecified atom stereocenters. The van der Waals surface area contributed by atoms with Gasteiger partial charge in [0, 0.05) is 37.7 Å². The summed E-state index contributed by atoms with van der Waals surface area (Å²) in [5, 5.41) is 3.00. The second-order valence-corrected chi connectivity index (χ2v) is 6.49. The van der Waals surface area contributed by atoms with Gasteiger partial charge in [-0.15, -0.1) is 0 Å².